The maximum atomic E-state index is 12.6. The number of carbonyl (C=O) groups excluding carboxylic acids is 1. The second-order valence-corrected chi connectivity index (χ2v) is 7.39. The summed E-state index contributed by atoms with van der Waals surface area (Å²) in [6, 6.07) is 11.2. The van der Waals surface area contributed by atoms with Crippen molar-refractivity contribution < 1.29 is 9.53 Å². The molecule has 0 aliphatic carbocycles. The van der Waals surface area contributed by atoms with Crippen LogP contribution in [0.25, 0.3) is 0 Å². The molecule has 0 saturated carbocycles. The van der Waals surface area contributed by atoms with Gasteiger partial charge in [-0.05, 0) is 42.7 Å². The van der Waals surface area contributed by atoms with E-state index in [-0.39, 0.29) is 11.9 Å². The van der Waals surface area contributed by atoms with Crippen LogP contribution >= 0.6 is 39.3 Å². The van der Waals surface area contributed by atoms with Gasteiger partial charge in [0.2, 0.25) is 0 Å². The molecule has 1 aliphatic rings. The fraction of sp³-hybridized carbons (Fsp3) is 0.235. The minimum Gasteiger partial charge on any atom is -0.493 e. The Hall–Kier alpha value is -1.17. The molecule has 120 valence electrons. The Morgan fingerprint density at radius 3 is 2.96 bits per heavy atom. The summed E-state index contributed by atoms with van der Waals surface area (Å²) >= 11 is 11.2. The molecule has 2 aromatic rings. The average molecular weight is 413 g/mol. The van der Waals surface area contributed by atoms with Crippen molar-refractivity contribution in [1.82, 2.24) is 5.32 Å². The number of thioether (sulfide) groups is 1. The van der Waals surface area contributed by atoms with Gasteiger partial charge in [0.1, 0.15) is 5.75 Å². The molecule has 1 amide bonds. The van der Waals surface area contributed by atoms with E-state index in [2.05, 4.69) is 21.2 Å². The molecule has 0 bridgehead atoms. The Morgan fingerprint density at radius 2 is 2.17 bits per heavy atom. The van der Waals surface area contributed by atoms with E-state index in [0.717, 1.165) is 27.1 Å². The van der Waals surface area contributed by atoms with Crippen molar-refractivity contribution in [2.45, 2.75) is 17.4 Å². The van der Waals surface area contributed by atoms with Crippen molar-refractivity contribution >= 4 is 45.2 Å². The largest absolute Gasteiger partial charge is 0.493 e. The number of fused-ring (bicyclic) bond motifs is 1. The minimum absolute atomic E-state index is 0.0854. The number of benzene rings is 2. The third kappa shape index (κ3) is 3.67. The van der Waals surface area contributed by atoms with E-state index >= 15 is 0 Å². The number of halogens is 2. The molecule has 0 aromatic heterocycles. The molecule has 3 nitrogen and oxygen atoms in total. The van der Waals surface area contributed by atoms with Crippen molar-refractivity contribution in [3.8, 4) is 5.75 Å². The molecule has 2 aromatic carbocycles. The Balaban J connectivity index is 1.86. The molecule has 0 fully saturated rings. The van der Waals surface area contributed by atoms with Gasteiger partial charge < -0.3 is 10.1 Å². The highest BCUT2D eigenvalue weighted by Crippen LogP contribution is 2.34. The van der Waals surface area contributed by atoms with Crippen LogP contribution < -0.4 is 10.1 Å². The van der Waals surface area contributed by atoms with E-state index in [1.165, 1.54) is 0 Å². The van der Waals surface area contributed by atoms with Gasteiger partial charge in [-0.1, -0.05) is 27.5 Å². The zero-order valence-corrected chi connectivity index (χ0v) is 15.6. The molecular weight excluding hydrogens is 398 g/mol. The summed E-state index contributed by atoms with van der Waals surface area (Å²) in [5.41, 5.74) is 1.48. The Morgan fingerprint density at radius 1 is 1.35 bits per heavy atom. The first kappa shape index (κ1) is 16.7. The van der Waals surface area contributed by atoms with Gasteiger partial charge in [0.05, 0.1) is 23.2 Å². The highest BCUT2D eigenvalue weighted by Gasteiger charge is 2.24. The van der Waals surface area contributed by atoms with Gasteiger partial charge in [-0.25, -0.2) is 0 Å². The molecule has 0 spiro atoms. The topological polar surface area (TPSA) is 38.3 Å². The maximum Gasteiger partial charge on any atom is 0.253 e. The van der Waals surface area contributed by atoms with Gasteiger partial charge in [-0.15, -0.1) is 11.8 Å². The fourth-order valence-electron chi connectivity index (χ4n) is 2.56. The van der Waals surface area contributed by atoms with Crippen LogP contribution in [0.15, 0.2) is 45.8 Å². The van der Waals surface area contributed by atoms with Crippen LogP contribution in [-0.4, -0.2) is 18.8 Å². The normalized spacial score (nSPS) is 16.4. The molecule has 1 atom stereocenters. The van der Waals surface area contributed by atoms with Gasteiger partial charge in [0, 0.05) is 21.4 Å². The quantitative estimate of drug-likeness (QED) is 0.715. The summed E-state index contributed by atoms with van der Waals surface area (Å²) in [4.78, 5) is 13.6. The summed E-state index contributed by atoms with van der Waals surface area (Å²) < 4.78 is 6.62. The molecule has 23 heavy (non-hydrogen) atoms. The lowest BCUT2D eigenvalue weighted by Crippen LogP contribution is -2.32. The van der Waals surface area contributed by atoms with Gasteiger partial charge in [-0.2, -0.15) is 0 Å². The van der Waals surface area contributed by atoms with E-state index in [1.807, 2.05) is 36.6 Å². The van der Waals surface area contributed by atoms with Gasteiger partial charge >= 0.3 is 0 Å². The number of carbonyl (C=O) groups is 1. The summed E-state index contributed by atoms with van der Waals surface area (Å²) in [7, 11) is 0. The standard InChI is InChI=1S/C17H15BrClNO2S/c1-23-11-3-4-14(19)12(9-11)17(21)20-15-6-7-22-16-5-2-10(18)8-13(15)16/h2-5,8-9,15H,6-7H2,1H3,(H,20,21). The Labute approximate surface area is 152 Å². The van der Waals surface area contributed by atoms with E-state index < -0.39 is 0 Å². The highest BCUT2D eigenvalue weighted by atomic mass is 79.9. The molecule has 1 N–H and O–H groups in total. The summed E-state index contributed by atoms with van der Waals surface area (Å²) in [6.45, 7) is 0.582. The molecule has 1 unspecified atom stereocenters. The van der Waals surface area contributed by atoms with Crippen molar-refractivity contribution in [2.75, 3.05) is 12.9 Å². The lowest BCUT2D eigenvalue weighted by Gasteiger charge is -2.27. The smallest absolute Gasteiger partial charge is 0.253 e. The number of rotatable bonds is 3. The van der Waals surface area contributed by atoms with Crippen LogP contribution in [0.5, 0.6) is 5.75 Å². The summed E-state index contributed by atoms with van der Waals surface area (Å²) in [5, 5.41) is 3.54. The van der Waals surface area contributed by atoms with Crippen molar-refractivity contribution in [1.29, 1.82) is 0 Å². The zero-order chi connectivity index (χ0) is 16.4. The first-order valence-electron chi connectivity index (χ1n) is 7.15. The monoisotopic (exact) mass is 411 g/mol. The van der Waals surface area contributed by atoms with Gasteiger partial charge in [0.15, 0.2) is 0 Å². The molecule has 0 saturated heterocycles. The zero-order valence-electron chi connectivity index (χ0n) is 12.4. The average Bonchev–Trinajstić information content (AvgIpc) is 2.55. The molecule has 1 aliphatic heterocycles. The molecule has 3 rings (SSSR count). The molecule has 6 heteroatoms. The molecule has 1 heterocycles. The van der Waals surface area contributed by atoms with E-state index in [4.69, 9.17) is 16.3 Å². The lowest BCUT2D eigenvalue weighted by molar-refractivity contribution is 0.0924. The maximum absolute atomic E-state index is 12.6. The summed E-state index contributed by atoms with van der Waals surface area (Å²) in [6.07, 6.45) is 2.70. The number of hydrogen-bond donors (Lipinski definition) is 1. The molecule has 0 radical (unpaired) electrons. The number of amides is 1. The number of ether oxygens (including phenoxy) is 1. The predicted octanol–water partition coefficient (Wildman–Crippen LogP) is 5.08. The Bertz CT molecular complexity index is 753. The first-order valence-corrected chi connectivity index (χ1v) is 9.54. The van der Waals surface area contributed by atoms with E-state index in [0.29, 0.717) is 17.2 Å². The van der Waals surface area contributed by atoms with Crippen LogP contribution in [0.3, 0.4) is 0 Å². The van der Waals surface area contributed by atoms with Crippen molar-refractivity contribution in [3.63, 3.8) is 0 Å². The van der Waals surface area contributed by atoms with Crippen LogP contribution in [-0.2, 0) is 0 Å². The second-order valence-electron chi connectivity index (χ2n) is 5.19. The number of hydrogen-bond acceptors (Lipinski definition) is 3. The van der Waals surface area contributed by atoms with Crippen molar-refractivity contribution in [2.24, 2.45) is 0 Å². The SMILES string of the molecule is CSc1ccc(Cl)c(C(=O)NC2CCOc3ccc(Br)cc32)c1. The van der Waals surface area contributed by atoms with E-state index in [9.17, 15) is 4.79 Å². The highest BCUT2D eigenvalue weighted by molar-refractivity contribution is 9.10. The van der Waals surface area contributed by atoms with Gasteiger partial charge in [0.25, 0.3) is 5.91 Å². The van der Waals surface area contributed by atoms with Crippen LogP contribution in [0.2, 0.25) is 5.02 Å². The van der Waals surface area contributed by atoms with Crippen LogP contribution in [0.1, 0.15) is 28.4 Å². The van der Waals surface area contributed by atoms with Crippen molar-refractivity contribution in [3.05, 3.63) is 57.0 Å². The third-order valence-corrected chi connectivity index (χ3v) is 5.28. The fourth-order valence-corrected chi connectivity index (χ4v) is 3.58. The van der Waals surface area contributed by atoms with Crippen LogP contribution in [0, 0.1) is 0 Å². The predicted molar refractivity (Wildman–Crippen MR) is 97.7 cm³/mol. The minimum atomic E-state index is -0.163. The third-order valence-electron chi connectivity index (χ3n) is 3.73. The molecular formula is C17H15BrClNO2S. The number of nitrogens with one attached hydrogen (secondary N) is 1. The second kappa shape index (κ2) is 7.16. The van der Waals surface area contributed by atoms with E-state index in [1.54, 1.807) is 17.8 Å². The lowest BCUT2D eigenvalue weighted by atomic mass is 10.00. The summed E-state index contributed by atoms with van der Waals surface area (Å²) in [5.74, 6) is 0.650. The van der Waals surface area contributed by atoms with Crippen LogP contribution in [0.4, 0.5) is 0 Å². The van der Waals surface area contributed by atoms with Gasteiger partial charge in [-0.3, -0.25) is 4.79 Å². The Kier molecular flexibility index (Phi) is 5.19. The first-order chi connectivity index (χ1) is 11.1.